The van der Waals surface area contributed by atoms with Gasteiger partial charge in [0.2, 0.25) is 5.91 Å². The molecule has 1 aliphatic heterocycles. The molecule has 1 atom stereocenters. The van der Waals surface area contributed by atoms with E-state index in [9.17, 15) is 4.79 Å². The first-order chi connectivity index (χ1) is 10.1. The predicted molar refractivity (Wildman–Crippen MR) is 82.9 cm³/mol. The van der Waals surface area contributed by atoms with Crippen molar-refractivity contribution in [2.75, 3.05) is 24.6 Å². The van der Waals surface area contributed by atoms with Crippen LogP contribution in [0.1, 0.15) is 0 Å². The summed E-state index contributed by atoms with van der Waals surface area (Å²) in [6.07, 6.45) is -0.619. The van der Waals surface area contributed by atoms with Gasteiger partial charge in [-0.3, -0.25) is 4.79 Å². The summed E-state index contributed by atoms with van der Waals surface area (Å²) >= 11 is 12.3. The molecule has 3 rings (SSSR count). The molecule has 2 N–H and O–H groups in total. The Bertz CT molecular complexity index is 708. The summed E-state index contributed by atoms with van der Waals surface area (Å²) in [7, 11) is 0. The molecule has 0 bridgehead atoms. The molecular formula is C14H13Cl2N3O2. The molecule has 0 saturated carbocycles. The zero-order chi connectivity index (χ0) is 15.0. The van der Waals surface area contributed by atoms with E-state index in [1.807, 2.05) is 17.0 Å². The minimum Gasteiger partial charge on any atom is -0.367 e. The highest BCUT2D eigenvalue weighted by atomic mass is 35.5. The number of carbonyl (C=O) groups excluding carboxylic acids is 1. The van der Waals surface area contributed by atoms with Gasteiger partial charge in [-0.05, 0) is 24.3 Å². The Kier molecular flexibility index (Phi) is 3.89. The van der Waals surface area contributed by atoms with Crippen molar-refractivity contribution in [3.05, 3.63) is 34.3 Å². The maximum Gasteiger partial charge on any atom is 0.248 e. The molecule has 21 heavy (non-hydrogen) atoms. The monoisotopic (exact) mass is 325 g/mol. The second-order valence-corrected chi connectivity index (χ2v) is 5.62. The topological polar surface area (TPSA) is 68.5 Å². The van der Waals surface area contributed by atoms with Gasteiger partial charge in [0.15, 0.2) is 6.10 Å². The number of amides is 1. The number of halogens is 2. The molecule has 0 radical (unpaired) electrons. The van der Waals surface area contributed by atoms with Crippen LogP contribution in [0.15, 0.2) is 24.3 Å². The molecule has 1 aromatic carbocycles. The number of morpholine rings is 1. The largest absolute Gasteiger partial charge is 0.367 e. The lowest BCUT2D eigenvalue weighted by Crippen LogP contribution is -2.48. The number of primary amides is 1. The number of hydrogen-bond donors (Lipinski definition) is 1. The molecule has 1 fully saturated rings. The second-order valence-electron chi connectivity index (χ2n) is 4.80. The van der Waals surface area contributed by atoms with Crippen molar-refractivity contribution in [3.8, 4) is 0 Å². The Morgan fingerprint density at radius 3 is 2.81 bits per heavy atom. The van der Waals surface area contributed by atoms with E-state index in [1.165, 1.54) is 0 Å². The lowest BCUT2D eigenvalue weighted by molar-refractivity contribution is -0.130. The lowest BCUT2D eigenvalue weighted by atomic mass is 10.2. The minimum absolute atomic E-state index is 0.381. The molecule has 0 aliphatic carbocycles. The molecule has 0 spiro atoms. The van der Waals surface area contributed by atoms with E-state index in [-0.39, 0.29) is 0 Å². The van der Waals surface area contributed by atoms with Crippen molar-refractivity contribution in [3.63, 3.8) is 0 Å². The van der Waals surface area contributed by atoms with Crippen LogP contribution in [-0.4, -0.2) is 36.7 Å². The number of benzene rings is 1. The third-order valence-corrected chi connectivity index (χ3v) is 4.08. The summed E-state index contributed by atoms with van der Waals surface area (Å²) in [4.78, 5) is 17.8. The van der Waals surface area contributed by atoms with Gasteiger partial charge in [0.25, 0.3) is 0 Å². The van der Waals surface area contributed by atoms with E-state index < -0.39 is 12.0 Å². The van der Waals surface area contributed by atoms with Crippen molar-refractivity contribution in [1.82, 2.24) is 4.98 Å². The Morgan fingerprint density at radius 2 is 2.05 bits per heavy atom. The fourth-order valence-electron chi connectivity index (χ4n) is 2.34. The van der Waals surface area contributed by atoms with E-state index in [2.05, 4.69) is 4.98 Å². The van der Waals surface area contributed by atoms with E-state index in [0.717, 1.165) is 11.2 Å². The SMILES string of the molecule is NC(=O)C1CN(c2ccc3c(Cl)ccc(Cl)c3n2)CCO1. The van der Waals surface area contributed by atoms with Gasteiger partial charge < -0.3 is 15.4 Å². The summed E-state index contributed by atoms with van der Waals surface area (Å²) in [5, 5.41) is 1.94. The number of pyridine rings is 1. The molecule has 1 aliphatic rings. The summed E-state index contributed by atoms with van der Waals surface area (Å²) < 4.78 is 5.33. The fraction of sp³-hybridized carbons (Fsp3) is 0.286. The molecule has 2 heterocycles. The first-order valence-corrected chi connectivity index (χ1v) is 7.22. The highest BCUT2D eigenvalue weighted by Gasteiger charge is 2.25. The number of fused-ring (bicyclic) bond motifs is 1. The van der Waals surface area contributed by atoms with E-state index in [0.29, 0.717) is 35.3 Å². The molecule has 1 amide bonds. The normalized spacial score (nSPS) is 19.0. The number of anilines is 1. The van der Waals surface area contributed by atoms with Crippen LogP contribution in [0.4, 0.5) is 5.82 Å². The van der Waals surface area contributed by atoms with Gasteiger partial charge >= 0.3 is 0 Å². The van der Waals surface area contributed by atoms with Gasteiger partial charge in [0.1, 0.15) is 5.82 Å². The molecule has 1 aromatic heterocycles. The number of nitrogens with two attached hydrogens (primary N) is 1. The first-order valence-electron chi connectivity index (χ1n) is 6.47. The third-order valence-electron chi connectivity index (χ3n) is 3.45. The molecule has 1 saturated heterocycles. The van der Waals surface area contributed by atoms with Crippen molar-refractivity contribution in [2.45, 2.75) is 6.10 Å². The van der Waals surface area contributed by atoms with Gasteiger partial charge in [-0.2, -0.15) is 0 Å². The van der Waals surface area contributed by atoms with Gasteiger partial charge in [-0.15, -0.1) is 0 Å². The maximum atomic E-state index is 11.3. The summed E-state index contributed by atoms with van der Waals surface area (Å²) in [5.74, 6) is 0.253. The van der Waals surface area contributed by atoms with Gasteiger partial charge in [-0.1, -0.05) is 23.2 Å². The highest BCUT2D eigenvalue weighted by Crippen LogP contribution is 2.30. The molecule has 1 unspecified atom stereocenters. The number of carbonyl (C=O) groups is 1. The van der Waals surface area contributed by atoms with E-state index in [1.54, 1.807) is 12.1 Å². The van der Waals surface area contributed by atoms with Gasteiger partial charge in [-0.25, -0.2) is 4.98 Å². The zero-order valence-electron chi connectivity index (χ0n) is 11.1. The van der Waals surface area contributed by atoms with E-state index in [4.69, 9.17) is 33.7 Å². The summed E-state index contributed by atoms with van der Waals surface area (Å²) in [5.41, 5.74) is 5.93. The van der Waals surface area contributed by atoms with Crippen LogP contribution < -0.4 is 10.6 Å². The molecule has 7 heteroatoms. The smallest absolute Gasteiger partial charge is 0.248 e. The summed E-state index contributed by atoms with van der Waals surface area (Å²) in [6, 6.07) is 7.19. The standard InChI is InChI=1S/C14H13Cl2N3O2/c15-9-2-3-10(16)13-8(9)1-4-12(18-13)19-5-6-21-11(7-19)14(17)20/h1-4,11H,5-7H2,(H2,17,20). The number of hydrogen-bond acceptors (Lipinski definition) is 4. The quantitative estimate of drug-likeness (QED) is 0.919. The number of aromatic nitrogens is 1. The average Bonchev–Trinajstić information content (AvgIpc) is 2.51. The fourth-order valence-corrected chi connectivity index (χ4v) is 2.77. The van der Waals surface area contributed by atoms with Crippen LogP contribution in [0.3, 0.4) is 0 Å². The van der Waals surface area contributed by atoms with Gasteiger partial charge in [0, 0.05) is 11.9 Å². The zero-order valence-corrected chi connectivity index (χ0v) is 12.6. The minimum atomic E-state index is -0.619. The highest BCUT2D eigenvalue weighted by molar-refractivity contribution is 6.39. The number of nitrogens with zero attached hydrogens (tertiary/aromatic N) is 2. The predicted octanol–water partition coefficient (Wildman–Crippen LogP) is 2.23. The van der Waals surface area contributed by atoms with Crippen molar-refractivity contribution in [2.24, 2.45) is 5.73 Å². The Morgan fingerprint density at radius 1 is 1.29 bits per heavy atom. The number of ether oxygens (including phenoxy) is 1. The van der Waals surface area contributed by atoms with Crippen LogP contribution in [0, 0.1) is 0 Å². The maximum absolute atomic E-state index is 11.3. The molecule has 2 aromatic rings. The Hall–Kier alpha value is -1.56. The first kappa shape index (κ1) is 14.4. The van der Waals surface area contributed by atoms with Crippen LogP contribution in [0.25, 0.3) is 10.9 Å². The molecular weight excluding hydrogens is 313 g/mol. The van der Waals surface area contributed by atoms with Crippen LogP contribution >= 0.6 is 23.2 Å². The van der Waals surface area contributed by atoms with Crippen molar-refractivity contribution < 1.29 is 9.53 Å². The Labute approximate surface area is 131 Å². The number of rotatable bonds is 2. The second kappa shape index (κ2) is 5.67. The van der Waals surface area contributed by atoms with Crippen LogP contribution in [0.2, 0.25) is 10.0 Å². The summed E-state index contributed by atoms with van der Waals surface area (Å²) in [6.45, 7) is 1.45. The third kappa shape index (κ3) is 2.77. The molecule has 5 nitrogen and oxygen atoms in total. The average molecular weight is 326 g/mol. The van der Waals surface area contributed by atoms with Crippen LogP contribution in [0.5, 0.6) is 0 Å². The van der Waals surface area contributed by atoms with Gasteiger partial charge in [0.05, 0.1) is 28.7 Å². The Balaban J connectivity index is 1.97. The van der Waals surface area contributed by atoms with Crippen molar-refractivity contribution >= 4 is 45.8 Å². The van der Waals surface area contributed by atoms with Crippen molar-refractivity contribution in [1.29, 1.82) is 0 Å². The molecule has 110 valence electrons. The van der Waals surface area contributed by atoms with E-state index >= 15 is 0 Å². The lowest BCUT2D eigenvalue weighted by Gasteiger charge is -2.32. The van der Waals surface area contributed by atoms with Crippen LogP contribution in [-0.2, 0) is 9.53 Å².